The van der Waals surface area contributed by atoms with Crippen LogP contribution < -0.4 is 5.32 Å². The van der Waals surface area contributed by atoms with Crippen molar-refractivity contribution in [2.75, 3.05) is 35.0 Å². The molecule has 2 fully saturated rings. The largest absolute Gasteiger partial charge is 0.392 e. The Balaban J connectivity index is 2.16. The lowest BCUT2D eigenvalue weighted by Crippen LogP contribution is -2.62. The molecule has 0 radical (unpaired) electrons. The third-order valence-corrected chi connectivity index (χ3v) is 7.74. The molecule has 2 saturated heterocycles. The van der Waals surface area contributed by atoms with Gasteiger partial charge in [0.05, 0.1) is 31.0 Å². The highest BCUT2D eigenvalue weighted by atomic mass is 16.7. The zero-order chi connectivity index (χ0) is 26.6. The monoisotopic (exact) mass is 503 g/mol. The molecule has 2 heterocycles. The Hall–Kier alpha value is -1.11. The maximum Gasteiger partial charge on any atom is 0.256 e. The van der Waals surface area contributed by atoms with Gasteiger partial charge in [0.1, 0.15) is 6.10 Å². The van der Waals surface area contributed by atoms with E-state index in [2.05, 4.69) is 11.9 Å². The van der Waals surface area contributed by atoms with E-state index in [1.807, 2.05) is 27.7 Å². The minimum absolute atomic E-state index is 0.0618. The van der Waals surface area contributed by atoms with Gasteiger partial charge in [-0.3, -0.25) is 4.79 Å². The van der Waals surface area contributed by atoms with Gasteiger partial charge in [-0.2, -0.15) is 0 Å². The molecule has 0 bridgehead atoms. The molecule has 35 heavy (non-hydrogen) atoms. The highest BCUT2D eigenvalue weighted by molar-refractivity contribution is 5.82. The van der Waals surface area contributed by atoms with Crippen LogP contribution in [0.5, 0.6) is 0 Å². The number of methoxy groups -OCH3 is 4. The smallest absolute Gasteiger partial charge is 0.256 e. The Morgan fingerprint density at radius 2 is 1.89 bits per heavy atom. The average molecular weight is 504 g/mol. The molecule has 2 rings (SSSR count). The van der Waals surface area contributed by atoms with Crippen LogP contribution in [0.4, 0.5) is 0 Å². The van der Waals surface area contributed by atoms with Crippen LogP contribution in [0.1, 0.15) is 47.0 Å². The van der Waals surface area contributed by atoms with E-state index < -0.39 is 47.8 Å². The molecule has 204 valence electrons. The second kappa shape index (κ2) is 12.4. The number of amides is 1. The fourth-order valence-electron chi connectivity index (χ4n) is 4.77. The van der Waals surface area contributed by atoms with Gasteiger partial charge in [-0.25, -0.2) is 0 Å². The Kier molecular flexibility index (Phi) is 10.7. The first-order valence-corrected chi connectivity index (χ1v) is 12.1. The van der Waals surface area contributed by atoms with Gasteiger partial charge in [-0.1, -0.05) is 32.9 Å². The van der Waals surface area contributed by atoms with Gasteiger partial charge in [0.2, 0.25) is 5.79 Å². The quantitative estimate of drug-likeness (QED) is 0.283. The van der Waals surface area contributed by atoms with E-state index in [1.54, 1.807) is 14.2 Å². The topological polar surface area (TPSA) is 125 Å². The van der Waals surface area contributed by atoms with Gasteiger partial charge in [-0.15, -0.1) is 0 Å². The molecule has 10 nitrogen and oxygen atoms in total. The van der Waals surface area contributed by atoms with Crippen molar-refractivity contribution in [3.05, 3.63) is 12.2 Å². The molecule has 9 atom stereocenters. The highest BCUT2D eigenvalue weighted by Gasteiger charge is 2.51. The molecule has 2 aliphatic heterocycles. The number of nitrogens with one attached hydrogen (secondary N) is 1. The average Bonchev–Trinajstić information content (AvgIpc) is 2.82. The Bertz CT molecular complexity index is 717. The molecule has 10 heteroatoms. The van der Waals surface area contributed by atoms with E-state index in [0.717, 1.165) is 5.57 Å². The summed E-state index contributed by atoms with van der Waals surface area (Å²) in [7, 11) is 6.01. The summed E-state index contributed by atoms with van der Waals surface area (Å²) in [6, 6.07) is 0. The molecule has 0 aromatic carbocycles. The number of rotatable bonds is 11. The summed E-state index contributed by atoms with van der Waals surface area (Å²) in [5.74, 6) is -2.23. The van der Waals surface area contributed by atoms with E-state index in [9.17, 15) is 15.0 Å². The minimum Gasteiger partial charge on any atom is -0.392 e. The summed E-state index contributed by atoms with van der Waals surface area (Å²) in [5, 5.41) is 24.6. The molecule has 1 unspecified atom stereocenters. The summed E-state index contributed by atoms with van der Waals surface area (Å²) >= 11 is 0. The Morgan fingerprint density at radius 1 is 1.23 bits per heavy atom. The molecule has 1 amide bonds. The van der Waals surface area contributed by atoms with Gasteiger partial charge >= 0.3 is 0 Å². The van der Waals surface area contributed by atoms with Crippen LogP contribution in [0.25, 0.3) is 0 Å². The molecule has 0 saturated carbocycles. The highest BCUT2D eigenvalue weighted by Crippen LogP contribution is 2.41. The van der Waals surface area contributed by atoms with Crippen molar-refractivity contribution >= 4 is 5.91 Å². The summed E-state index contributed by atoms with van der Waals surface area (Å²) in [6.45, 7) is 12.1. The molecule has 0 aliphatic carbocycles. The van der Waals surface area contributed by atoms with E-state index >= 15 is 0 Å². The molecule has 3 N–H and O–H groups in total. The lowest BCUT2D eigenvalue weighted by molar-refractivity contribution is -0.298. The van der Waals surface area contributed by atoms with E-state index in [0.29, 0.717) is 13.0 Å². The number of carbonyl (C=O) groups is 1. The van der Waals surface area contributed by atoms with Crippen LogP contribution in [0.15, 0.2) is 12.2 Å². The first-order valence-electron chi connectivity index (χ1n) is 12.1. The van der Waals surface area contributed by atoms with Gasteiger partial charge < -0.3 is 44.0 Å². The molecular formula is C25H45NO9. The third kappa shape index (κ3) is 6.61. The van der Waals surface area contributed by atoms with Crippen LogP contribution in [0, 0.1) is 11.3 Å². The zero-order valence-corrected chi connectivity index (χ0v) is 22.4. The number of carbonyl (C=O) groups excluding carboxylic acids is 1. The van der Waals surface area contributed by atoms with Gasteiger partial charge in [0.25, 0.3) is 5.91 Å². The predicted octanol–water partition coefficient (Wildman–Crippen LogP) is 1.38. The van der Waals surface area contributed by atoms with Crippen LogP contribution in [0.2, 0.25) is 0 Å². The minimum atomic E-state index is -1.64. The van der Waals surface area contributed by atoms with Gasteiger partial charge in [0, 0.05) is 59.0 Å². The zero-order valence-electron chi connectivity index (χ0n) is 22.4. The first-order chi connectivity index (χ1) is 16.4. The Morgan fingerprint density at radius 3 is 2.40 bits per heavy atom. The maximum absolute atomic E-state index is 13.1. The summed E-state index contributed by atoms with van der Waals surface area (Å²) < 4.78 is 34.1. The van der Waals surface area contributed by atoms with Crippen molar-refractivity contribution in [1.29, 1.82) is 0 Å². The number of aliphatic hydroxyl groups excluding tert-OH is 2. The molecule has 0 spiro atoms. The van der Waals surface area contributed by atoms with E-state index in [-0.39, 0.29) is 31.0 Å². The van der Waals surface area contributed by atoms with Gasteiger partial charge in [0.15, 0.2) is 12.3 Å². The second-order valence-electron chi connectivity index (χ2n) is 10.3. The fourth-order valence-corrected chi connectivity index (χ4v) is 4.77. The standard InChI is InChI=1S/C25H45NO9/c1-14-12-25(33-9,35-16(3)15(14)2)21(28)22(29)26-23(32-8)18-11-19(27)24(4,5)20(34-18)10-17(31-7)13-30-6/h15-21,23,27-28H,1,10-13H2,2-9H3,(H,26,29)/t15-,16-,17+,18?,19-,20-,21-,23+,25-/m1/s1. The van der Waals surface area contributed by atoms with Crippen molar-refractivity contribution in [2.24, 2.45) is 11.3 Å². The summed E-state index contributed by atoms with van der Waals surface area (Å²) in [4.78, 5) is 13.1. The molecule has 0 aromatic heterocycles. The lowest BCUT2D eigenvalue weighted by Gasteiger charge is -2.48. The lowest BCUT2D eigenvalue weighted by atomic mass is 9.74. The normalized spacial score (nSPS) is 35.8. The van der Waals surface area contributed by atoms with Crippen LogP contribution in [0.3, 0.4) is 0 Å². The number of aliphatic hydroxyl groups is 2. The van der Waals surface area contributed by atoms with Crippen LogP contribution in [-0.2, 0) is 33.2 Å². The third-order valence-electron chi connectivity index (χ3n) is 7.74. The van der Waals surface area contributed by atoms with Crippen molar-refractivity contribution in [3.8, 4) is 0 Å². The van der Waals surface area contributed by atoms with Crippen LogP contribution in [-0.4, -0.2) is 99.8 Å². The summed E-state index contributed by atoms with van der Waals surface area (Å²) in [5.41, 5.74) is 0.264. The molecule has 2 aliphatic rings. The van der Waals surface area contributed by atoms with Gasteiger partial charge in [-0.05, 0) is 6.92 Å². The van der Waals surface area contributed by atoms with Crippen molar-refractivity contribution in [1.82, 2.24) is 5.32 Å². The number of hydrogen-bond donors (Lipinski definition) is 3. The van der Waals surface area contributed by atoms with E-state index in [1.165, 1.54) is 14.2 Å². The number of hydrogen-bond acceptors (Lipinski definition) is 9. The fraction of sp³-hybridized carbons (Fsp3) is 0.880. The number of ether oxygens (including phenoxy) is 6. The summed E-state index contributed by atoms with van der Waals surface area (Å²) in [6.07, 6.45) is -3.97. The SMILES string of the molecule is C=C1C[C@](OC)([C@H](O)C(=O)N[C@@H](OC)C2C[C@@H](O)C(C)(C)[C@@H](C[C@@H](COC)OC)O2)O[C@H](C)[C@@H]1C. The van der Waals surface area contributed by atoms with Crippen molar-refractivity contribution in [3.63, 3.8) is 0 Å². The predicted molar refractivity (Wildman–Crippen MR) is 129 cm³/mol. The van der Waals surface area contributed by atoms with E-state index in [4.69, 9.17) is 28.4 Å². The molecular weight excluding hydrogens is 458 g/mol. The second-order valence-corrected chi connectivity index (χ2v) is 10.3. The first kappa shape index (κ1) is 30.1. The van der Waals surface area contributed by atoms with Crippen molar-refractivity contribution in [2.45, 2.75) is 95.6 Å². The Labute approximate surface area is 209 Å². The van der Waals surface area contributed by atoms with Crippen molar-refractivity contribution < 1.29 is 43.4 Å². The van der Waals surface area contributed by atoms with Crippen LogP contribution >= 0.6 is 0 Å². The molecule has 0 aromatic rings. The maximum atomic E-state index is 13.1.